The molecule has 1 fully saturated rings. The third-order valence-electron chi connectivity index (χ3n) is 3.17. The Kier molecular flexibility index (Phi) is 6.58. The molecule has 1 atom stereocenters. The molecule has 1 unspecified atom stereocenters. The van der Waals surface area contributed by atoms with Crippen molar-refractivity contribution < 1.29 is 28.7 Å². The lowest BCUT2D eigenvalue weighted by atomic mass is 9.98. The summed E-state index contributed by atoms with van der Waals surface area (Å²) in [5, 5.41) is 0. The van der Waals surface area contributed by atoms with Crippen molar-refractivity contribution in [3.63, 3.8) is 0 Å². The maximum atomic E-state index is 11.8. The van der Waals surface area contributed by atoms with Crippen molar-refractivity contribution in [2.24, 2.45) is 0 Å². The molecule has 0 aromatic carbocycles. The van der Waals surface area contributed by atoms with Crippen LogP contribution >= 0.6 is 0 Å². The minimum atomic E-state index is -0.696. The maximum Gasteiger partial charge on any atom is 0.331 e. The van der Waals surface area contributed by atoms with Gasteiger partial charge in [0, 0.05) is 38.5 Å². The van der Waals surface area contributed by atoms with Crippen LogP contribution in [0.2, 0.25) is 0 Å². The average Bonchev–Trinajstić information content (AvgIpc) is 2.46. The molecule has 0 N–H and O–H groups in total. The van der Waals surface area contributed by atoms with Crippen molar-refractivity contribution in [3.8, 4) is 0 Å². The Balaban J connectivity index is 2.44. The second kappa shape index (κ2) is 8.18. The summed E-state index contributed by atoms with van der Waals surface area (Å²) in [4.78, 5) is 46.9. The summed E-state index contributed by atoms with van der Waals surface area (Å²) in [6.07, 6.45) is 3.27. The number of likely N-dealkylation sites (tertiary alicyclic amines) is 1. The van der Waals surface area contributed by atoms with E-state index in [-0.39, 0.29) is 24.7 Å². The first-order valence-electron chi connectivity index (χ1n) is 6.68. The second-order valence-electron chi connectivity index (χ2n) is 4.61. The van der Waals surface area contributed by atoms with Crippen LogP contribution in [0.5, 0.6) is 0 Å². The molecule has 7 nitrogen and oxygen atoms in total. The smallest absolute Gasteiger partial charge is 0.331 e. The van der Waals surface area contributed by atoms with Gasteiger partial charge in [-0.1, -0.05) is 0 Å². The van der Waals surface area contributed by atoms with Gasteiger partial charge in [0.05, 0.1) is 19.8 Å². The van der Waals surface area contributed by atoms with Crippen LogP contribution < -0.4 is 0 Å². The van der Waals surface area contributed by atoms with Gasteiger partial charge in [0.25, 0.3) is 0 Å². The molecule has 1 heterocycles. The summed E-state index contributed by atoms with van der Waals surface area (Å²) in [7, 11) is 1.20. The number of methoxy groups -OCH3 is 1. The van der Waals surface area contributed by atoms with Crippen LogP contribution in [0.1, 0.15) is 26.2 Å². The van der Waals surface area contributed by atoms with Crippen LogP contribution in [0.15, 0.2) is 12.2 Å². The summed E-state index contributed by atoms with van der Waals surface area (Å²) >= 11 is 0. The van der Waals surface area contributed by atoms with Crippen molar-refractivity contribution >= 4 is 23.6 Å². The molecular formula is C14H19NO6. The van der Waals surface area contributed by atoms with Crippen LogP contribution in [0.25, 0.3) is 0 Å². The molecule has 7 heteroatoms. The summed E-state index contributed by atoms with van der Waals surface area (Å²) in [5.41, 5.74) is 0. The average molecular weight is 297 g/mol. The Labute approximate surface area is 122 Å². The Hall–Kier alpha value is -2.18. The first kappa shape index (κ1) is 16.9. The van der Waals surface area contributed by atoms with Gasteiger partial charge in [0.2, 0.25) is 5.91 Å². The number of ketones is 1. The number of carbonyl (C=O) groups is 4. The molecule has 0 aromatic heterocycles. The Bertz CT molecular complexity index is 456. The van der Waals surface area contributed by atoms with E-state index in [0.717, 1.165) is 12.2 Å². The van der Waals surface area contributed by atoms with E-state index in [1.165, 1.54) is 18.9 Å². The van der Waals surface area contributed by atoms with E-state index < -0.39 is 18.0 Å². The van der Waals surface area contributed by atoms with Gasteiger partial charge in [-0.3, -0.25) is 9.59 Å². The monoisotopic (exact) mass is 297 g/mol. The third-order valence-corrected chi connectivity index (χ3v) is 3.17. The molecule has 0 aromatic rings. The first-order chi connectivity index (χ1) is 9.95. The van der Waals surface area contributed by atoms with Gasteiger partial charge in [-0.2, -0.15) is 0 Å². The quantitative estimate of drug-likeness (QED) is 0.533. The van der Waals surface area contributed by atoms with Crippen molar-refractivity contribution in [1.29, 1.82) is 0 Å². The number of amides is 1. The zero-order chi connectivity index (χ0) is 15.8. The number of piperidine rings is 1. The lowest BCUT2D eigenvalue weighted by Crippen LogP contribution is -2.48. The number of hydrogen-bond donors (Lipinski definition) is 0. The van der Waals surface area contributed by atoms with Crippen LogP contribution in [0.3, 0.4) is 0 Å². The fraction of sp³-hybridized carbons (Fsp3) is 0.571. The van der Waals surface area contributed by atoms with E-state index in [9.17, 15) is 19.2 Å². The van der Waals surface area contributed by atoms with E-state index in [0.29, 0.717) is 19.4 Å². The number of carbonyl (C=O) groups excluding carboxylic acids is 4. The van der Waals surface area contributed by atoms with Gasteiger partial charge in [-0.15, -0.1) is 0 Å². The highest BCUT2D eigenvalue weighted by Gasteiger charge is 2.30. The fourth-order valence-electron chi connectivity index (χ4n) is 2.14. The molecule has 1 saturated heterocycles. The molecule has 0 saturated carbocycles. The van der Waals surface area contributed by atoms with Gasteiger partial charge in [-0.05, 0) is 6.42 Å². The molecule has 1 aliphatic heterocycles. The second-order valence-corrected chi connectivity index (χ2v) is 4.61. The summed E-state index contributed by atoms with van der Waals surface area (Å²) in [6.45, 7) is 1.96. The zero-order valence-electron chi connectivity index (χ0n) is 12.2. The third kappa shape index (κ3) is 5.37. The molecule has 1 amide bonds. The molecule has 116 valence electrons. The number of nitrogens with zero attached hydrogens (tertiary/aromatic N) is 1. The molecule has 1 rings (SSSR count). The number of ether oxygens (including phenoxy) is 2. The van der Waals surface area contributed by atoms with E-state index in [4.69, 9.17) is 4.74 Å². The minimum Gasteiger partial charge on any atom is -0.466 e. The highest BCUT2D eigenvalue weighted by Crippen LogP contribution is 2.16. The number of Topliss-reactive ketones (excluding diaryl/α,β-unsaturated/α-hetero) is 1. The molecule has 0 spiro atoms. The van der Waals surface area contributed by atoms with Crippen molar-refractivity contribution in [2.75, 3.05) is 20.3 Å². The maximum absolute atomic E-state index is 11.8. The van der Waals surface area contributed by atoms with Crippen LogP contribution in [-0.4, -0.2) is 54.8 Å². The molecule has 0 bridgehead atoms. The van der Waals surface area contributed by atoms with E-state index in [2.05, 4.69) is 4.74 Å². The Morgan fingerprint density at radius 1 is 1.29 bits per heavy atom. The predicted molar refractivity (Wildman–Crippen MR) is 72.1 cm³/mol. The highest BCUT2D eigenvalue weighted by atomic mass is 16.5. The molecule has 0 radical (unpaired) electrons. The van der Waals surface area contributed by atoms with E-state index >= 15 is 0 Å². The van der Waals surface area contributed by atoms with Crippen molar-refractivity contribution in [2.45, 2.75) is 32.2 Å². The number of rotatable bonds is 5. The molecule has 21 heavy (non-hydrogen) atoms. The summed E-state index contributed by atoms with van der Waals surface area (Å²) < 4.78 is 9.22. The van der Waals surface area contributed by atoms with Gasteiger partial charge in [-0.25, -0.2) is 9.59 Å². The summed E-state index contributed by atoms with van der Waals surface area (Å²) in [5.74, 6) is -1.53. The van der Waals surface area contributed by atoms with Crippen LogP contribution in [0, 0.1) is 0 Å². The standard InChI is InChI=1S/C14H19NO6/c1-10(16)15-8-3-4-12(17)11(15)7-9-21-14(19)6-5-13(18)20-2/h5-6,11H,3-4,7-9H2,1-2H3/b6-5+. The minimum absolute atomic E-state index is 0.00450. The van der Waals surface area contributed by atoms with Gasteiger partial charge in [0.1, 0.15) is 0 Å². The first-order valence-corrected chi connectivity index (χ1v) is 6.68. The van der Waals surface area contributed by atoms with Gasteiger partial charge >= 0.3 is 11.9 Å². The Morgan fingerprint density at radius 2 is 1.95 bits per heavy atom. The van der Waals surface area contributed by atoms with Crippen molar-refractivity contribution in [1.82, 2.24) is 4.90 Å². The van der Waals surface area contributed by atoms with E-state index in [1.54, 1.807) is 0 Å². The predicted octanol–water partition coefficient (Wildman–Crippen LogP) is 0.229. The largest absolute Gasteiger partial charge is 0.466 e. The lowest BCUT2D eigenvalue weighted by molar-refractivity contribution is -0.144. The summed E-state index contributed by atoms with van der Waals surface area (Å²) in [6, 6.07) is -0.534. The SMILES string of the molecule is COC(=O)/C=C/C(=O)OCCC1C(=O)CCCN1C(C)=O. The number of hydrogen-bond acceptors (Lipinski definition) is 6. The lowest BCUT2D eigenvalue weighted by Gasteiger charge is -2.33. The van der Waals surface area contributed by atoms with Gasteiger partial charge < -0.3 is 14.4 Å². The van der Waals surface area contributed by atoms with E-state index in [1.807, 2.05) is 0 Å². The molecule has 1 aliphatic rings. The topological polar surface area (TPSA) is 90.0 Å². The zero-order valence-corrected chi connectivity index (χ0v) is 12.2. The normalized spacial score (nSPS) is 18.7. The molecular weight excluding hydrogens is 278 g/mol. The fourth-order valence-corrected chi connectivity index (χ4v) is 2.14. The van der Waals surface area contributed by atoms with Gasteiger partial charge in [0.15, 0.2) is 5.78 Å². The Morgan fingerprint density at radius 3 is 2.57 bits per heavy atom. The van der Waals surface area contributed by atoms with Crippen molar-refractivity contribution in [3.05, 3.63) is 12.2 Å². The number of esters is 2. The van der Waals surface area contributed by atoms with Crippen LogP contribution in [0.4, 0.5) is 0 Å². The highest BCUT2D eigenvalue weighted by molar-refractivity contribution is 5.92. The molecule has 0 aliphatic carbocycles. The van der Waals surface area contributed by atoms with Crippen LogP contribution in [-0.2, 0) is 28.7 Å².